The molecule has 1 rings (SSSR count). The zero-order valence-corrected chi connectivity index (χ0v) is 6.26. The molecule has 0 unspecified atom stereocenters. The molecule has 0 atom stereocenters. The summed E-state index contributed by atoms with van der Waals surface area (Å²) in [5, 5.41) is 0. The highest BCUT2D eigenvalue weighted by Crippen LogP contribution is 1.98. The van der Waals surface area contributed by atoms with Crippen LogP contribution < -0.4 is 0 Å². The van der Waals surface area contributed by atoms with Crippen molar-refractivity contribution in [3.05, 3.63) is 29.6 Å². The molecule has 0 amide bonds. The predicted octanol–water partition coefficient (Wildman–Crippen LogP) is 1.86. The third kappa shape index (κ3) is 2.38. The Balaban J connectivity index is 2.71. The van der Waals surface area contributed by atoms with E-state index >= 15 is 0 Å². The lowest BCUT2D eigenvalue weighted by Crippen LogP contribution is -1.86. The van der Waals surface area contributed by atoms with Gasteiger partial charge in [0.1, 0.15) is 6.17 Å². The van der Waals surface area contributed by atoms with E-state index in [1.54, 1.807) is 6.20 Å². The van der Waals surface area contributed by atoms with Gasteiger partial charge in [0.2, 0.25) is 0 Å². The van der Waals surface area contributed by atoms with Gasteiger partial charge in [-0.3, -0.25) is 4.98 Å². The number of pyridine rings is 1. The molecular weight excluding hydrogens is 141 g/mol. The fraction of sp³-hybridized carbons (Fsp3) is 0.222. The first kappa shape index (κ1) is 7.74. The molecule has 1 aromatic heterocycles. The Morgan fingerprint density at radius 2 is 2.36 bits per heavy atom. The summed E-state index contributed by atoms with van der Waals surface area (Å²) in [4.78, 5) is 4.05. The van der Waals surface area contributed by atoms with Gasteiger partial charge in [-0.2, -0.15) is 0 Å². The van der Waals surface area contributed by atoms with Crippen molar-refractivity contribution in [3.8, 4) is 12.1 Å². The normalized spacial score (nSPS) is 8.55. The Hall–Kier alpha value is -1.36. The Morgan fingerprint density at radius 1 is 1.55 bits per heavy atom. The van der Waals surface area contributed by atoms with Crippen LogP contribution in [0.1, 0.15) is 11.3 Å². The monoisotopic (exact) mass is 149 g/mol. The number of hydrogen-bond donors (Lipinski definition) is 0. The van der Waals surface area contributed by atoms with Crippen LogP contribution in [0.25, 0.3) is 0 Å². The zero-order valence-electron chi connectivity index (χ0n) is 6.26. The Morgan fingerprint density at radius 3 is 2.91 bits per heavy atom. The molecular formula is C9H8FN. The van der Waals surface area contributed by atoms with Crippen LogP contribution in [0.2, 0.25) is 0 Å². The lowest BCUT2D eigenvalue weighted by atomic mass is 10.2. The van der Waals surface area contributed by atoms with Crippen LogP contribution in [-0.4, -0.2) is 4.98 Å². The van der Waals surface area contributed by atoms with Gasteiger partial charge in [-0.15, -0.1) is 4.39 Å². The van der Waals surface area contributed by atoms with Gasteiger partial charge < -0.3 is 0 Å². The van der Waals surface area contributed by atoms with E-state index in [1.165, 1.54) is 6.17 Å². The smallest absolute Gasteiger partial charge is 0.106 e. The summed E-state index contributed by atoms with van der Waals surface area (Å²) in [7, 11) is 0. The van der Waals surface area contributed by atoms with Crippen LogP contribution in [0.15, 0.2) is 18.3 Å². The minimum absolute atomic E-state index is 0.386. The van der Waals surface area contributed by atoms with Gasteiger partial charge in [-0.1, -0.05) is 12.0 Å². The van der Waals surface area contributed by atoms with Crippen LogP contribution in [0.5, 0.6) is 0 Å². The summed E-state index contributed by atoms with van der Waals surface area (Å²) < 4.78 is 11.4. The summed E-state index contributed by atoms with van der Waals surface area (Å²) in [6, 6.07) is 3.78. The van der Waals surface area contributed by atoms with E-state index in [1.807, 2.05) is 19.1 Å². The molecule has 1 aromatic rings. The first-order valence-electron chi connectivity index (χ1n) is 3.33. The molecule has 11 heavy (non-hydrogen) atoms. The lowest BCUT2D eigenvalue weighted by molar-refractivity contribution is 0.771. The van der Waals surface area contributed by atoms with Gasteiger partial charge in [0.15, 0.2) is 0 Å². The maximum atomic E-state index is 11.4. The van der Waals surface area contributed by atoms with E-state index in [4.69, 9.17) is 0 Å². The molecule has 0 fully saturated rings. The number of nitrogens with zero attached hydrogens (tertiary/aromatic N) is 1. The number of hydrogen-bond acceptors (Lipinski definition) is 1. The first-order chi connectivity index (χ1) is 5.33. The van der Waals surface area contributed by atoms with Crippen LogP contribution in [0.3, 0.4) is 0 Å². The molecule has 0 saturated carbocycles. The fourth-order valence-electron chi connectivity index (χ4n) is 0.727. The van der Waals surface area contributed by atoms with Crippen LogP contribution >= 0.6 is 0 Å². The van der Waals surface area contributed by atoms with Crippen molar-refractivity contribution >= 4 is 0 Å². The molecule has 0 aromatic carbocycles. The van der Waals surface area contributed by atoms with Crippen LogP contribution in [0, 0.1) is 19.0 Å². The largest absolute Gasteiger partial charge is 0.260 e. The number of halogens is 1. The van der Waals surface area contributed by atoms with Gasteiger partial charge in [0.25, 0.3) is 0 Å². The summed E-state index contributed by atoms with van der Waals surface area (Å²) in [5.74, 6) is 2.30. The molecule has 1 nitrogen and oxygen atoms in total. The molecule has 0 N–H and O–H groups in total. The highest BCUT2D eigenvalue weighted by atomic mass is 19.1. The molecule has 0 aliphatic heterocycles. The fourth-order valence-corrected chi connectivity index (χ4v) is 0.727. The predicted molar refractivity (Wildman–Crippen MR) is 41.6 cm³/mol. The van der Waals surface area contributed by atoms with Crippen LogP contribution in [-0.2, 0) is 6.42 Å². The van der Waals surface area contributed by atoms with Crippen molar-refractivity contribution < 1.29 is 4.39 Å². The quantitative estimate of drug-likeness (QED) is 0.555. The zero-order chi connectivity index (χ0) is 8.10. The van der Waals surface area contributed by atoms with Crippen molar-refractivity contribution in [3.63, 3.8) is 0 Å². The lowest BCUT2D eigenvalue weighted by Gasteiger charge is -1.93. The first-order valence-corrected chi connectivity index (χ1v) is 3.33. The molecule has 0 saturated heterocycles. The summed E-state index contributed by atoms with van der Waals surface area (Å²) in [6.07, 6.45) is 3.47. The van der Waals surface area contributed by atoms with Gasteiger partial charge in [-0.05, 0) is 18.6 Å². The second-order valence-corrected chi connectivity index (χ2v) is 2.27. The summed E-state index contributed by atoms with van der Waals surface area (Å²) in [6.45, 7) is 1.96. The molecule has 0 radical (unpaired) electrons. The minimum atomic E-state index is 0.386. The van der Waals surface area contributed by atoms with Gasteiger partial charge in [0.05, 0.1) is 12.1 Å². The average molecular weight is 149 g/mol. The molecule has 0 aliphatic rings. The number of rotatable bonds is 1. The van der Waals surface area contributed by atoms with Crippen LogP contribution in [0.4, 0.5) is 4.39 Å². The molecule has 1 heterocycles. The van der Waals surface area contributed by atoms with Crippen molar-refractivity contribution in [2.24, 2.45) is 0 Å². The average Bonchev–Trinajstić information content (AvgIpc) is 2.04. The van der Waals surface area contributed by atoms with Crippen molar-refractivity contribution in [2.75, 3.05) is 0 Å². The van der Waals surface area contributed by atoms with E-state index in [-0.39, 0.29) is 0 Å². The Bertz CT molecular complexity index is 279. The van der Waals surface area contributed by atoms with Gasteiger partial charge in [-0.25, -0.2) is 0 Å². The minimum Gasteiger partial charge on any atom is -0.260 e. The van der Waals surface area contributed by atoms with Gasteiger partial charge in [0, 0.05) is 6.20 Å². The third-order valence-electron chi connectivity index (χ3n) is 1.31. The standard InChI is InChI=1S/C9H8FN/c1-8-4-5-9(11-7-8)3-2-6-10/h4-5,7H,3H2,1H3. The van der Waals surface area contributed by atoms with Crippen molar-refractivity contribution in [1.82, 2.24) is 4.98 Å². The third-order valence-corrected chi connectivity index (χ3v) is 1.31. The van der Waals surface area contributed by atoms with E-state index in [0.29, 0.717) is 6.42 Å². The van der Waals surface area contributed by atoms with E-state index in [2.05, 4.69) is 10.9 Å². The van der Waals surface area contributed by atoms with Gasteiger partial charge >= 0.3 is 0 Å². The molecule has 0 aliphatic carbocycles. The molecule has 0 bridgehead atoms. The highest BCUT2D eigenvalue weighted by molar-refractivity contribution is 5.16. The second-order valence-electron chi connectivity index (χ2n) is 2.27. The van der Waals surface area contributed by atoms with E-state index in [9.17, 15) is 4.39 Å². The number of aromatic nitrogens is 1. The van der Waals surface area contributed by atoms with E-state index in [0.717, 1.165) is 11.3 Å². The number of aryl methyl sites for hydroxylation is 1. The maximum Gasteiger partial charge on any atom is 0.106 e. The summed E-state index contributed by atoms with van der Waals surface area (Å²) in [5.41, 5.74) is 1.91. The molecule has 0 spiro atoms. The highest BCUT2D eigenvalue weighted by Gasteiger charge is 1.89. The van der Waals surface area contributed by atoms with E-state index < -0.39 is 0 Å². The molecule has 56 valence electrons. The SMILES string of the molecule is Cc1ccc(CC#CF)nc1. The topological polar surface area (TPSA) is 12.9 Å². The Labute approximate surface area is 65.3 Å². The maximum absolute atomic E-state index is 11.4. The molecule has 2 heteroatoms. The van der Waals surface area contributed by atoms with Crippen molar-refractivity contribution in [1.29, 1.82) is 0 Å². The Kier molecular flexibility index (Phi) is 2.62. The second kappa shape index (κ2) is 3.72. The summed E-state index contributed by atoms with van der Waals surface area (Å²) >= 11 is 0. The van der Waals surface area contributed by atoms with Crippen molar-refractivity contribution in [2.45, 2.75) is 13.3 Å².